The summed E-state index contributed by atoms with van der Waals surface area (Å²) in [6.45, 7) is 0. The van der Waals surface area contributed by atoms with Gasteiger partial charge in [0.15, 0.2) is 11.5 Å². The van der Waals surface area contributed by atoms with Crippen LogP contribution in [0, 0.1) is 0 Å². The zero-order chi connectivity index (χ0) is 19.0. The first-order valence-electron chi connectivity index (χ1n) is 8.96. The molecule has 0 aliphatic heterocycles. The molecule has 1 N–H and O–H groups in total. The smallest absolute Gasteiger partial charge is 0.233 e. The third-order valence-electron chi connectivity index (χ3n) is 5.45. The molecule has 1 aliphatic rings. The van der Waals surface area contributed by atoms with Crippen LogP contribution in [0.1, 0.15) is 31.7 Å². The third-order valence-corrected chi connectivity index (χ3v) is 5.45. The number of hydrogen-bond acceptors (Lipinski definition) is 6. The molecule has 0 bridgehead atoms. The predicted molar refractivity (Wildman–Crippen MR) is 99.1 cm³/mol. The molecule has 27 heavy (non-hydrogen) atoms. The number of nitrogens with zero attached hydrogens (tertiary/aromatic N) is 4. The number of rotatable bonds is 5. The molecule has 2 heterocycles. The Morgan fingerprint density at radius 2 is 1.81 bits per heavy atom. The second kappa shape index (κ2) is 7.03. The molecule has 0 atom stereocenters. The first-order chi connectivity index (χ1) is 13.2. The van der Waals surface area contributed by atoms with E-state index in [1.807, 2.05) is 18.5 Å². The molecular formula is C19H22N4O4. The van der Waals surface area contributed by atoms with Gasteiger partial charge in [-0.2, -0.15) is 0 Å². The molecular weight excluding hydrogens is 348 g/mol. The van der Waals surface area contributed by atoms with Gasteiger partial charge in [0, 0.05) is 17.5 Å². The normalized spacial score (nSPS) is 20.0. The number of benzene rings is 1. The number of amides is 1. The highest BCUT2D eigenvalue weighted by molar-refractivity contribution is 6.03. The van der Waals surface area contributed by atoms with Gasteiger partial charge in [0.05, 0.1) is 43.8 Å². The molecule has 0 spiro atoms. The van der Waals surface area contributed by atoms with Crippen LogP contribution in [0.4, 0.5) is 0 Å². The maximum absolute atomic E-state index is 10.8. The molecule has 0 saturated heterocycles. The number of aromatic nitrogens is 3. The van der Waals surface area contributed by atoms with Gasteiger partial charge < -0.3 is 14.0 Å². The second-order valence-corrected chi connectivity index (χ2v) is 6.82. The van der Waals surface area contributed by atoms with Crippen molar-refractivity contribution in [3.63, 3.8) is 0 Å². The Kier molecular flexibility index (Phi) is 4.57. The average molecular weight is 370 g/mol. The molecule has 1 aliphatic carbocycles. The number of carbonyl (C=O) groups excluding carboxylic acids is 1. The van der Waals surface area contributed by atoms with Crippen molar-refractivity contribution in [3.8, 4) is 11.5 Å². The lowest BCUT2D eigenvalue weighted by molar-refractivity contribution is -0.163. The van der Waals surface area contributed by atoms with Gasteiger partial charge in [-0.25, -0.2) is 10.0 Å². The lowest BCUT2D eigenvalue weighted by atomic mass is 9.90. The summed E-state index contributed by atoms with van der Waals surface area (Å²) < 4.78 is 13.0. The first kappa shape index (κ1) is 17.5. The fourth-order valence-corrected chi connectivity index (χ4v) is 4.01. The molecule has 3 aromatic rings. The van der Waals surface area contributed by atoms with E-state index >= 15 is 0 Å². The van der Waals surface area contributed by atoms with Crippen LogP contribution in [-0.4, -0.2) is 51.5 Å². The van der Waals surface area contributed by atoms with Crippen LogP contribution >= 0.6 is 0 Å². The third kappa shape index (κ3) is 2.95. The van der Waals surface area contributed by atoms with Gasteiger partial charge in [-0.05, 0) is 31.7 Å². The minimum Gasteiger partial charge on any atom is -0.493 e. The zero-order valence-corrected chi connectivity index (χ0v) is 15.3. The van der Waals surface area contributed by atoms with Crippen molar-refractivity contribution in [1.29, 1.82) is 0 Å². The molecule has 4 rings (SSSR count). The van der Waals surface area contributed by atoms with Crippen LogP contribution in [0.15, 0.2) is 24.7 Å². The van der Waals surface area contributed by atoms with Crippen molar-refractivity contribution in [3.05, 3.63) is 24.7 Å². The molecule has 0 radical (unpaired) electrons. The number of ether oxygens (including phenoxy) is 2. The Bertz CT molecular complexity index is 979. The fraction of sp³-hybridized carbons (Fsp3) is 0.421. The molecule has 1 amide bonds. The van der Waals surface area contributed by atoms with Crippen LogP contribution in [0.25, 0.3) is 21.9 Å². The van der Waals surface area contributed by atoms with Gasteiger partial charge >= 0.3 is 0 Å². The Morgan fingerprint density at radius 1 is 1.11 bits per heavy atom. The second-order valence-electron chi connectivity index (χ2n) is 6.82. The fourth-order valence-electron chi connectivity index (χ4n) is 4.01. The van der Waals surface area contributed by atoms with E-state index < -0.39 is 0 Å². The number of fused-ring (bicyclic) bond motifs is 3. The minimum absolute atomic E-state index is 0.115. The summed E-state index contributed by atoms with van der Waals surface area (Å²) in [5, 5.41) is 11.4. The summed E-state index contributed by atoms with van der Waals surface area (Å²) in [4.78, 5) is 19.8. The van der Waals surface area contributed by atoms with Crippen molar-refractivity contribution in [1.82, 2.24) is 19.6 Å². The topological polar surface area (TPSA) is 89.7 Å². The van der Waals surface area contributed by atoms with Gasteiger partial charge in [-0.3, -0.25) is 15.0 Å². The SMILES string of the molecule is COc1cc2ncc3ncn(C4CCC(N(O)C=O)CC4)c3c2cc1OC. The summed E-state index contributed by atoms with van der Waals surface area (Å²) >= 11 is 0. The largest absolute Gasteiger partial charge is 0.493 e. The van der Waals surface area contributed by atoms with Gasteiger partial charge in [0.25, 0.3) is 0 Å². The molecule has 1 aromatic carbocycles. The van der Waals surface area contributed by atoms with Crippen LogP contribution in [0.2, 0.25) is 0 Å². The van der Waals surface area contributed by atoms with E-state index in [4.69, 9.17) is 9.47 Å². The minimum atomic E-state index is -0.115. The van der Waals surface area contributed by atoms with Crippen LogP contribution < -0.4 is 9.47 Å². The van der Waals surface area contributed by atoms with Crippen molar-refractivity contribution in [2.75, 3.05) is 14.2 Å². The number of pyridine rings is 1. The number of hydrogen-bond donors (Lipinski definition) is 1. The highest BCUT2D eigenvalue weighted by atomic mass is 16.5. The quantitative estimate of drug-likeness (QED) is 0.422. The standard InChI is InChI=1S/C19H22N4O4/c1-26-17-7-14-15(8-18(17)27-2)20-9-16-19(14)22(10-21-16)12-3-5-13(6-4-12)23(25)11-24/h7-13,25H,3-6H2,1-2H3. The maximum Gasteiger partial charge on any atom is 0.233 e. The van der Waals surface area contributed by atoms with E-state index in [0.717, 1.165) is 52.7 Å². The molecule has 2 aromatic heterocycles. The summed E-state index contributed by atoms with van der Waals surface area (Å²) in [6.07, 6.45) is 7.32. The summed E-state index contributed by atoms with van der Waals surface area (Å²) in [6, 6.07) is 3.95. The molecule has 8 nitrogen and oxygen atoms in total. The number of hydroxylamine groups is 2. The van der Waals surface area contributed by atoms with Crippen molar-refractivity contribution < 1.29 is 19.5 Å². The highest BCUT2D eigenvalue weighted by Gasteiger charge is 2.27. The first-order valence-corrected chi connectivity index (χ1v) is 8.96. The number of methoxy groups -OCH3 is 2. The van der Waals surface area contributed by atoms with Crippen molar-refractivity contribution >= 4 is 28.3 Å². The zero-order valence-electron chi connectivity index (χ0n) is 15.3. The van der Waals surface area contributed by atoms with E-state index in [-0.39, 0.29) is 12.1 Å². The monoisotopic (exact) mass is 370 g/mol. The summed E-state index contributed by atoms with van der Waals surface area (Å²) in [7, 11) is 3.22. The van der Waals surface area contributed by atoms with E-state index in [1.165, 1.54) is 0 Å². The Hall–Kier alpha value is -2.87. The van der Waals surface area contributed by atoms with Gasteiger partial charge in [0.2, 0.25) is 6.41 Å². The van der Waals surface area contributed by atoms with Crippen LogP contribution in [0.3, 0.4) is 0 Å². The Balaban J connectivity index is 1.76. The molecule has 8 heteroatoms. The Labute approximate surface area is 156 Å². The molecule has 0 unspecified atom stereocenters. The lowest BCUT2D eigenvalue weighted by Crippen LogP contribution is -2.35. The van der Waals surface area contributed by atoms with Crippen LogP contribution in [0.5, 0.6) is 11.5 Å². The van der Waals surface area contributed by atoms with Gasteiger partial charge in [-0.1, -0.05) is 0 Å². The van der Waals surface area contributed by atoms with Crippen molar-refractivity contribution in [2.45, 2.75) is 37.8 Å². The maximum atomic E-state index is 10.8. The summed E-state index contributed by atoms with van der Waals surface area (Å²) in [5.74, 6) is 1.29. The predicted octanol–water partition coefficient (Wildman–Crippen LogP) is 2.93. The van der Waals surface area contributed by atoms with E-state index in [1.54, 1.807) is 20.4 Å². The number of imidazole rings is 1. The highest BCUT2D eigenvalue weighted by Crippen LogP contribution is 2.37. The molecule has 1 fully saturated rings. The van der Waals surface area contributed by atoms with Gasteiger partial charge in [0.1, 0.15) is 5.52 Å². The van der Waals surface area contributed by atoms with Crippen LogP contribution in [-0.2, 0) is 4.79 Å². The van der Waals surface area contributed by atoms with E-state index in [2.05, 4.69) is 14.5 Å². The Morgan fingerprint density at radius 3 is 2.48 bits per heavy atom. The van der Waals surface area contributed by atoms with E-state index in [0.29, 0.717) is 17.9 Å². The number of carbonyl (C=O) groups is 1. The van der Waals surface area contributed by atoms with Gasteiger partial charge in [-0.15, -0.1) is 0 Å². The molecule has 142 valence electrons. The molecule has 1 saturated carbocycles. The summed E-state index contributed by atoms with van der Waals surface area (Å²) in [5.41, 5.74) is 2.66. The lowest BCUT2D eigenvalue weighted by Gasteiger charge is -2.32. The van der Waals surface area contributed by atoms with E-state index in [9.17, 15) is 10.0 Å². The van der Waals surface area contributed by atoms with Crippen molar-refractivity contribution in [2.24, 2.45) is 0 Å². The average Bonchev–Trinajstić information content (AvgIpc) is 3.16.